The zero-order chi connectivity index (χ0) is 18.9. The topological polar surface area (TPSA) is 58.4 Å². The van der Waals surface area contributed by atoms with Crippen LogP contribution in [0.3, 0.4) is 0 Å². The van der Waals surface area contributed by atoms with Gasteiger partial charge in [-0.25, -0.2) is 0 Å². The fourth-order valence-corrected chi connectivity index (χ4v) is 3.70. The Morgan fingerprint density at radius 2 is 1.67 bits per heavy atom. The van der Waals surface area contributed by atoms with E-state index in [2.05, 4.69) is 29.6 Å². The first-order valence-corrected chi connectivity index (χ1v) is 10.1. The lowest BCUT2D eigenvalue weighted by molar-refractivity contribution is -0.133. The second-order valence-electron chi connectivity index (χ2n) is 7.44. The highest BCUT2D eigenvalue weighted by Crippen LogP contribution is 2.12. The van der Waals surface area contributed by atoms with Crippen molar-refractivity contribution in [2.75, 3.05) is 19.6 Å². The molecule has 1 saturated heterocycles. The predicted molar refractivity (Wildman–Crippen MR) is 110 cm³/mol. The summed E-state index contributed by atoms with van der Waals surface area (Å²) in [6.45, 7) is 2.52. The summed E-state index contributed by atoms with van der Waals surface area (Å²) in [5.41, 5.74) is 8.79. The summed E-state index contributed by atoms with van der Waals surface area (Å²) in [5.74, 6) is 0.0792. The number of rotatable bonds is 9. The number of hydrogen-bond acceptors (Lipinski definition) is 3. The van der Waals surface area contributed by atoms with Gasteiger partial charge in [-0.05, 0) is 49.8 Å². The van der Waals surface area contributed by atoms with E-state index >= 15 is 0 Å². The summed E-state index contributed by atoms with van der Waals surface area (Å²) < 4.78 is 0. The van der Waals surface area contributed by atoms with Gasteiger partial charge in [-0.15, -0.1) is 0 Å². The molecule has 0 saturated carbocycles. The average Bonchev–Trinajstić information content (AvgIpc) is 3.23. The maximum absolute atomic E-state index is 13.0. The van der Waals surface area contributed by atoms with Crippen LogP contribution in [-0.2, 0) is 17.6 Å². The third-order valence-corrected chi connectivity index (χ3v) is 5.33. The van der Waals surface area contributed by atoms with Crippen molar-refractivity contribution in [3.05, 3.63) is 71.8 Å². The molecule has 1 amide bonds. The highest BCUT2D eigenvalue weighted by atomic mass is 16.2. The molecule has 0 bridgehead atoms. The van der Waals surface area contributed by atoms with Crippen molar-refractivity contribution in [3.63, 3.8) is 0 Å². The lowest BCUT2D eigenvalue weighted by Gasteiger charge is -2.28. The number of nitrogens with zero attached hydrogens (tertiary/aromatic N) is 1. The lowest BCUT2D eigenvalue weighted by Crippen LogP contribution is -2.49. The van der Waals surface area contributed by atoms with Gasteiger partial charge in [0, 0.05) is 19.1 Å². The van der Waals surface area contributed by atoms with Crippen LogP contribution in [0.5, 0.6) is 0 Å². The van der Waals surface area contributed by atoms with Gasteiger partial charge in [0.1, 0.15) is 0 Å². The normalized spacial score (nSPS) is 17.6. The zero-order valence-electron chi connectivity index (χ0n) is 16.0. The van der Waals surface area contributed by atoms with Gasteiger partial charge in [0.2, 0.25) is 5.91 Å². The van der Waals surface area contributed by atoms with E-state index in [0.29, 0.717) is 12.5 Å². The Morgan fingerprint density at radius 3 is 2.26 bits per heavy atom. The molecule has 4 heteroatoms. The van der Waals surface area contributed by atoms with Crippen LogP contribution < -0.4 is 11.1 Å². The van der Waals surface area contributed by atoms with E-state index in [1.54, 1.807) is 0 Å². The minimum atomic E-state index is -0.442. The summed E-state index contributed by atoms with van der Waals surface area (Å²) in [7, 11) is 0. The van der Waals surface area contributed by atoms with Gasteiger partial charge in [0.05, 0.1) is 6.04 Å². The first kappa shape index (κ1) is 19.6. The highest BCUT2D eigenvalue weighted by Gasteiger charge is 2.25. The molecule has 1 fully saturated rings. The summed E-state index contributed by atoms with van der Waals surface area (Å²) in [6, 6.07) is 20.5. The molecule has 27 heavy (non-hydrogen) atoms. The average molecular weight is 366 g/mol. The number of hydrogen-bond donors (Lipinski definition) is 2. The van der Waals surface area contributed by atoms with E-state index in [0.717, 1.165) is 38.9 Å². The molecule has 1 aliphatic heterocycles. The van der Waals surface area contributed by atoms with Crippen LogP contribution in [0.1, 0.15) is 30.4 Å². The molecular weight excluding hydrogens is 334 g/mol. The first-order valence-electron chi connectivity index (χ1n) is 10.1. The van der Waals surface area contributed by atoms with Crippen molar-refractivity contribution in [1.29, 1.82) is 0 Å². The molecule has 144 valence electrons. The molecule has 2 aromatic carbocycles. The Bertz CT molecular complexity index is 683. The second kappa shape index (κ2) is 10.2. The maximum atomic E-state index is 13.0. The second-order valence-corrected chi connectivity index (χ2v) is 7.44. The molecule has 3 N–H and O–H groups in total. The van der Waals surface area contributed by atoms with Gasteiger partial charge in [0.15, 0.2) is 0 Å². The van der Waals surface area contributed by atoms with E-state index in [1.165, 1.54) is 17.5 Å². The number of amides is 1. The standard InChI is InChI=1S/C23H31N3O/c24-22(14-13-19-8-3-1-4-9-19)23(27)26(18-21-12-7-16-25-21)17-15-20-10-5-2-6-11-20/h1-6,8-11,21-22,25H,7,12-18,24H2/t21-,22+/m0/s1. The highest BCUT2D eigenvalue weighted by molar-refractivity contribution is 5.81. The predicted octanol–water partition coefficient (Wildman–Crippen LogP) is 2.77. The van der Waals surface area contributed by atoms with Crippen molar-refractivity contribution in [3.8, 4) is 0 Å². The van der Waals surface area contributed by atoms with Crippen LogP contribution in [0.4, 0.5) is 0 Å². The van der Waals surface area contributed by atoms with E-state index in [-0.39, 0.29) is 5.91 Å². The summed E-state index contributed by atoms with van der Waals surface area (Å²) in [4.78, 5) is 15.0. The molecule has 0 aromatic heterocycles. The fourth-order valence-electron chi connectivity index (χ4n) is 3.70. The van der Waals surface area contributed by atoms with Crippen LogP contribution >= 0.6 is 0 Å². The molecule has 2 atom stereocenters. The van der Waals surface area contributed by atoms with E-state index < -0.39 is 6.04 Å². The van der Waals surface area contributed by atoms with Gasteiger partial charge >= 0.3 is 0 Å². The van der Waals surface area contributed by atoms with Crippen LogP contribution in [0.2, 0.25) is 0 Å². The van der Waals surface area contributed by atoms with E-state index in [1.807, 2.05) is 41.3 Å². The Hall–Kier alpha value is -2.17. The summed E-state index contributed by atoms with van der Waals surface area (Å²) in [5, 5.41) is 3.50. The third-order valence-electron chi connectivity index (χ3n) is 5.33. The molecule has 3 rings (SSSR count). The third kappa shape index (κ3) is 6.19. The van der Waals surface area contributed by atoms with Crippen molar-refractivity contribution >= 4 is 5.91 Å². The van der Waals surface area contributed by atoms with Gasteiger partial charge in [-0.2, -0.15) is 0 Å². The number of nitrogens with two attached hydrogens (primary N) is 1. The molecule has 0 radical (unpaired) electrons. The monoisotopic (exact) mass is 365 g/mol. The largest absolute Gasteiger partial charge is 0.339 e. The molecule has 1 heterocycles. The minimum absolute atomic E-state index is 0.0792. The van der Waals surface area contributed by atoms with E-state index in [9.17, 15) is 4.79 Å². The van der Waals surface area contributed by atoms with Gasteiger partial charge in [-0.1, -0.05) is 60.7 Å². The SMILES string of the molecule is N[C@H](CCc1ccccc1)C(=O)N(CCc1ccccc1)C[C@@H]1CCCN1. The minimum Gasteiger partial charge on any atom is -0.339 e. The Morgan fingerprint density at radius 1 is 1.04 bits per heavy atom. The number of aryl methyl sites for hydroxylation is 1. The first-order chi connectivity index (χ1) is 13.2. The van der Waals surface area contributed by atoms with Gasteiger partial charge in [0.25, 0.3) is 0 Å². The molecule has 0 spiro atoms. The van der Waals surface area contributed by atoms with Crippen LogP contribution in [-0.4, -0.2) is 42.5 Å². The quantitative estimate of drug-likeness (QED) is 0.718. The number of carbonyl (C=O) groups excluding carboxylic acids is 1. The van der Waals surface area contributed by atoms with Gasteiger partial charge in [-0.3, -0.25) is 4.79 Å². The Balaban J connectivity index is 1.58. The summed E-state index contributed by atoms with van der Waals surface area (Å²) >= 11 is 0. The number of benzene rings is 2. The Labute approximate surface area is 162 Å². The Kier molecular flexibility index (Phi) is 7.43. The van der Waals surface area contributed by atoms with Crippen molar-refractivity contribution in [1.82, 2.24) is 10.2 Å². The molecule has 2 aromatic rings. The molecule has 4 nitrogen and oxygen atoms in total. The van der Waals surface area contributed by atoms with E-state index in [4.69, 9.17) is 5.73 Å². The number of carbonyl (C=O) groups is 1. The van der Waals surface area contributed by atoms with Crippen molar-refractivity contribution in [2.45, 2.75) is 44.2 Å². The molecule has 0 unspecified atom stereocenters. The lowest BCUT2D eigenvalue weighted by atomic mass is 10.0. The molecule has 1 aliphatic rings. The van der Waals surface area contributed by atoms with Gasteiger partial charge < -0.3 is 16.0 Å². The summed E-state index contributed by atoms with van der Waals surface area (Å²) in [6.07, 6.45) is 4.70. The smallest absolute Gasteiger partial charge is 0.239 e. The molecular formula is C23H31N3O. The fraction of sp³-hybridized carbons (Fsp3) is 0.435. The molecule has 0 aliphatic carbocycles. The number of nitrogens with one attached hydrogen (secondary N) is 1. The van der Waals surface area contributed by atoms with Crippen molar-refractivity contribution in [2.24, 2.45) is 5.73 Å². The van der Waals surface area contributed by atoms with Crippen LogP contribution in [0.25, 0.3) is 0 Å². The maximum Gasteiger partial charge on any atom is 0.239 e. The zero-order valence-corrected chi connectivity index (χ0v) is 16.0. The van der Waals surface area contributed by atoms with Crippen LogP contribution in [0.15, 0.2) is 60.7 Å². The van der Waals surface area contributed by atoms with Crippen molar-refractivity contribution < 1.29 is 4.79 Å². The van der Waals surface area contributed by atoms with Crippen LogP contribution in [0, 0.1) is 0 Å².